The summed E-state index contributed by atoms with van der Waals surface area (Å²) < 4.78 is 55.9. The smallest absolute Gasteiger partial charge is 0.166 e. The zero-order valence-corrected chi connectivity index (χ0v) is 22.3. The molecule has 2 aromatic carbocycles. The Balaban J connectivity index is 1.28. The number of benzene rings is 2. The molecule has 37 heavy (non-hydrogen) atoms. The van der Waals surface area contributed by atoms with Gasteiger partial charge in [-0.3, -0.25) is 0 Å². The van der Waals surface area contributed by atoms with E-state index < -0.39 is 11.6 Å². The summed E-state index contributed by atoms with van der Waals surface area (Å²) in [4.78, 5) is 0. The van der Waals surface area contributed by atoms with Gasteiger partial charge in [0.05, 0.1) is 12.7 Å². The van der Waals surface area contributed by atoms with Crippen molar-refractivity contribution in [1.82, 2.24) is 0 Å². The Morgan fingerprint density at radius 2 is 1.73 bits per heavy atom. The van der Waals surface area contributed by atoms with Crippen LogP contribution in [0.2, 0.25) is 0 Å². The maximum atomic E-state index is 15.0. The highest BCUT2D eigenvalue weighted by Crippen LogP contribution is 2.39. The van der Waals surface area contributed by atoms with Crippen LogP contribution in [0.4, 0.5) is 13.2 Å². The van der Waals surface area contributed by atoms with E-state index in [4.69, 9.17) is 9.47 Å². The Labute approximate surface area is 220 Å². The lowest BCUT2D eigenvalue weighted by molar-refractivity contribution is 0.0466. The molecule has 1 unspecified atom stereocenters. The van der Waals surface area contributed by atoms with Gasteiger partial charge in [-0.2, -0.15) is 0 Å². The van der Waals surface area contributed by atoms with E-state index in [-0.39, 0.29) is 17.8 Å². The van der Waals surface area contributed by atoms with Gasteiger partial charge in [-0.1, -0.05) is 37.6 Å². The molecular formula is C32H41F3O2. The largest absolute Gasteiger partial charge is 0.494 e. The Kier molecular flexibility index (Phi) is 10.1. The van der Waals surface area contributed by atoms with Crippen LogP contribution in [0, 0.1) is 23.4 Å². The number of rotatable bonds is 11. The second kappa shape index (κ2) is 13.5. The van der Waals surface area contributed by atoms with Crippen LogP contribution in [0.1, 0.15) is 101 Å². The molecular weight excluding hydrogens is 473 g/mol. The second-order valence-corrected chi connectivity index (χ2v) is 10.6. The predicted octanol–water partition coefficient (Wildman–Crippen LogP) is 9.16. The molecule has 0 radical (unpaired) electrons. The number of aryl methyl sites for hydroxylation is 1. The molecule has 1 saturated carbocycles. The number of hydrogen-bond donors (Lipinski definition) is 0. The summed E-state index contributed by atoms with van der Waals surface area (Å²) in [5.41, 5.74) is 2.50. The summed E-state index contributed by atoms with van der Waals surface area (Å²) in [6, 6.07) is 8.70. The monoisotopic (exact) mass is 514 g/mol. The first-order chi connectivity index (χ1) is 18.0. The van der Waals surface area contributed by atoms with Crippen molar-refractivity contribution in [3.63, 3.8) is 0 Å². The van der Waals surface area contributed by atoms with E-state index in [1.807, 2.05) is 25.1 Å². The standard InChI is InChI=1S/C32H41F3O2/c1-3-5-20-37-26-15-12-24(13-16-26)29-18-14-25(31(34)32(29)35)11-8-22-6-9-23(10-7-22)28-19-17-27(36-4-2)21-30(28)33/h12,14,17-19,21-23,26H,3-11,13,15-16,20H2,1-2H3. The molecule has 2 aliphatic rings. The van der Waals surface area contributed by atoms with Gasteiger partial charge in [-0.25, -0.2) is 13.2 Å². The SMILES string of the molecule is CCCCOC1CC=C(c2ccc(CCC3CCC(c4ccc(OCC)cc4F)CC3)c(F)c2F)CC1. The zero-order valence-electron chi connectivity index (χ0n) is 22.3. The van der Waals surface area contributed by atoms with E-state index in [1.165, 1.54) is 6.07 Å². The molecule has 0 aromatic heterocycles. The molecule has 0 N–H and O–H groups in total. The molecule has 2 aromatic rings. The van der Waals surface area contributed by atoms with E-state index in [0.717, 1.165) is 75.5 Å². The number of ether oxygens (including phenoxy) is 2. The van der Waals surface area contributed by atoms with Gasteiger partial charge in [0.15, 0.2) is 11.6 Å². The van der Waals surface area contributed by atoms with E-state index in [0.29, 0.717) is 42.2 Å². The van der Waals surface area contributed by atoms with Gasteiger partial charge in [0.25, 0.3) is 0 Å². The molecule has 1 fully saturated rings. The van der Waals surface area contributed by atoms with Crippen LogP contribution in [-0.2, 0) is 11.2 Å². The van der Waals surface area contributed by atoms with Gasteiger partial charge >= 0.3 is 0 Å². The molecule has 0 amide bonds. The van der Waals surface area contributed by atoms with Gasteiger partial charge in [0.1, 0.15) is 11.6 Å². The lowest BCUT2D eigenvalue weighted by atomic mass is 9.76. The minimum atomic E-state index is -0.719. The summed E-state index contributed by atoms with van der Waals surface area (Å²) in [5, 5.41) is 0. The van der Waals surface area contributed by atoms with Crippen molar-refractivity contribution < 1.29 is 22.6 Å². The first kappa shape index (κ1) is 27.8. The van der Waals surface area contributed by atoms with Gasteiger partial charge in [-0.15, -0.1) is 0 Å². The van der Waals surface area contributed by atoms with E-state index in [1.54, 1.807) is 12.1 Å². The van der Waals surface area contributed by atoms with Crippen molar-refractivity contribution in [2.75, 3.05) is 13.2 Å². The highest BCUT2D eigenvalue weighted by molar-refractivity contribution is 5.67. The van der Waals surface area contributed by atoms with Crippen LogP contribution in [0.15, 0.2) is 36.4 Å². The van der Waals surface area contributed by atoms with Gasteiger partial charge in [0.2, 0.25) is 0 Å². The molecule has 0 saturated heterocycles. The maximum absolute atomic E-state index is 15.0. The summed E-state index contributed by atoms with van der Waals surface area (Å²) in [5.74, 6) is -0.387. The Bertz CT molecular complexity index is 1060. The normalized spacial score (nSPS) is 22.1. The first-order valence-corrected chi connectivity index (χ1v) is 14.2. The lowest BCUT2D eigenvalue weighted by Crippen LogP contribution is -2.17. The average molecular weight is 515 g/mol. The van der Waals surface area contributed by atoms with Crippen molar-refractivity contribution in [3.8, 4) is 5.75 Å². The van der Waals surface area contributed by atoms with Crippen LogP contribution in [-0.4, -0.2) is 19.3 Å². The fourth-order valence-corrected chi connectivity index (χ4v) is 5.85. The van der Waals surface area contributed by atoms with Crippen LogP contribution in [0.5, 0.6) is 5.75 Å². The van der Waals surface area contributed by atoms with Crippen molar-refractivity contribution in [3.05, 3.63) is 70.5 Å². The molecule has 202 valence electrons. The van der Waals surface area contributed by atoms with E-state index >= 15 is 4.39 Å². The number of allylic oxidation sites excluding steroid dienone is 1. The summed E-state index contributed by atoms with van der Waals surface area (Å²) in [6.07, 6.45) is 11.8. The number of halogens is 3. The van der Waals surface area contributed by atoms with Gasteiger partial charge in [0, 0.05) is 18.2 Å². The predicted molar refractivity (Wildman–Crippen MR) is 143 cm³/mol. The second-order valence-electron chi connectivity index (χ2n) is 10.6. The van der Waals surface area contributed by atoms with E-state index in [9.17, 15) is 8.78 Å². The minimum absolute atomic E-state index is 0.184. The molecule has 5 heteroatoms. The third kappa shape index (κ3) is 7.19. The van der Waals surface area contributed by atoms with Crippen LogP contribution >= 0.6 is 0 Å². The molecule has 4 rings (SSSR count). The summed E-state index contributed by atoms with van der Waals surface area (Å²) >= 11 is 0. The lowest BCUT2D eigenvalue weighted by Gasteiger charge is -2.29. The molecule has 2 aliphatic carbocycles. The molecule has 1 atom stereocenters. The minimum Gasteiger partial charge on any atom is -0.494 e. The highest BCUT2D eigenvalue weighted by Gasteiger charge is 2.26. The fraction of sp³-hybridized carbons (Fsp3) is 0.562. The van der Waals surface area contributed by atoms with Gasteiger partial charge < -0.3 is 9.47 Å². The Morgan fingerprint density at radius 3 is 2.41 bits per heavy atom. The fourth-order valence-electron chi connectivity index (χ4n) is 5.85. The maximum Gasteiger partial charge on any atom is 0.166 e. The summed E-state index contributed by atoms with van der Waals surface area (Å²) in [6.45, 7) is 5.31. The van der Waals surface area contributed by atoms with Crippen molar-refractivity contribution in [2.24, 2.45) is 5.92 Å². The Hall–Kier alpha value is -2.27. The third-order valence-electron chi connectivity index (χ3n) is 8.11. The zero-order chi connectivity index (χ0) is 26.2. The van der Waals surface area contributed by atoms with E-state index in [2.05, 4.69) is 6.92 Å². The molecule has 2 nitrogen and oxygen atoms in total. The van der Waals surface area contributed by atoms with Crippen LogP contribution in [0.3, 0.4) is 0 Å². The Morgan fingerprint density at radius 1 is 0.919 bits per heavy atom. The average Bonchev–Trinajstić information content (AvgIpc) is 2.91. The highest BCUT2D eigenvalue weighted by atomic mass is 19.2. The van der Waals surface area contributed by atoms with Crippen LogP contribution in [0.25, 0.3) is 5.57 Å². The first-order valence-electron chi connectivity index (χ1n) is 14.2. The van der Waals surface area contributed by atoms with Crippen molar-refractivity contribution in [2.45, 2.75) is 96.5 Å². The molecule has 0 bridgehead atoms. The molecule has 0 heterocycles. The topological polar surface area (TPSA) is 18.5 Å². The quantitative estimate of drug-likeness (QED) is 0.278. The third-order valence-corrected chi connectivity index (χ3v) is 8.11. The number of hydrogen-bond acceptors (Lipinski definition) is 2. The van der Waals surface area contributed by atoms with Gasteiger partial charge in [-0.05, 0) is 106 Å². The molecule has 0 spiro atoms. The van der Waals surface area contributed by atoms with Crippen LogP contribution < -0.4 is 4.74 Å². The number of unbranched alkanes of at least 4 members (excludes halogenated alkanes) is 1. The van der Waals surface area contributed by atoms with Crippen molar-refractivity contribution in [1.29, 1.82) is 0 Å². The van der Waals surface area contributed by atoms with Crippen molar-refractivity contribution >= 4 is 5.57 Å². The summed E-state index contributed by atoms with van der Waals surface area (Å²) in [7, 11) is 0. The molecule has 0 aliphatic heterocycles.